The highest BCUT2D eigenvalue weighted by Gasteiger charge is 2.22. The Hall–Kier alpha value is -2.10. The minimum atomic E-state index is -0.462. The van der Waals surface area contributed by atoms with Crippen molar-refractivity contribution in [3.8, 4) is 0 Å². The lowest BCUT2D eigenvalue weighted by Crippen LogP contribution is -2.34. The molecule has 1 aliphatic rings. The summed E-state index contributed by atoms with van der Waals surface area (Å²) in [6, 6.07) is 16.8. The van der Waals surface area contributed by atoms with Crippen LogP contribution in [0.1, 0.15) is 28.5 Å². The van der Waals surface area contributed by atoms with Crippen molar-refractivity contribution in [2.45, 2.75) is 26.0 Å². The van der Waals surface area contributed by atoms with Gasteiger partial charge in [0.1, 0.15) is 0 Å². The van der Waals surface area contributed by atoms with Gasteiger partial charge in [-0.3, -0.25) is 4.90 Å². The molecule has 0 amide bonds. The maximum Gasteiger partial charge on any atom is 0.0940 e. The van der Waals surface area contributed by atoms with Gasteiger partial charge in [-0.15, -0.1) is 0 Å². The second-order valence-corrected chi connectivity index (χ2v) is 6.48. The Labute approximate surface area is 136 Å². The van der Waals surface area contributed by atoms with Crippen LogP contribution in [0.5, 0.6) is 0 Å². The van der Waals surface area contributed by atoms with E-state index in [4.69, 9.17) is 0 Å². The van der Waals surface area contributed by atoms with Gasteiger partial charge in [-0.1, -0.05) is 42.5 Å². The summed E-state index contributed by atoms with van der Waals surface area (Å²) in [7, 11) is 0. The first-order valence-corrected chi connectivity index (χ1v) is 8.27. The van der Waals surface area contributed by atoms with E-state index >= 15 is 0 Å². The van der Waals surface area contributed by atoms with Crippen LogP contribution < -0.4 is 0 Å². The number of β-amino-alcohol motifs (C(OH)–C–C–N with tert-alkyl or cyclic N) is 1. The Balaban J connectivity index is 1.56. The van der Waals surface area contributed by atoms with Crippen LogP contribution in [-0.4, -0.2) is 28.1 Å². The van der Waals surface area contributed by atoms with Crippen LogP contribution >= 0.6 is 0 Å². The normalized spacial score (nSPS) is 16.4. The van der Waals surface area contributed by atoms with E-state index in [1.807, 2.05) is 19.1 Å². The van der Waals surface area contributed by atoms with Crippen LogP contribution in [0.3, 0.4) is 0 Å². The van der Waals surface area contributed by atoms with E-state index in [1.54, 1.807) is 0 Å². The van der Waals surface area contributed by atoms with Crippen molar-refractivity contribution in [2.24, 2.45) is 0 Å². The molecule has 23 heavy (non-hydrogen) atoms. The van der Waals surface area contributed by atoms with Gasteiger partial charge in [-0.2, -0.15) is 0 Å². The Kier molecular flexibility index (Phi) is 3.68. The Morgan fingerprint density at radius 1 is 1.09 bits per heavy atom. The van der Waals surface area contributed by atoms with Crippen LogP contribution in [0, 0.1) is 6.92 Å². The summed E-state index contributed by atoms with van der Waals surface area (Å²) in [5, 5.41) is 12.0. The average Bonchev–Trinajstić information content (AvgIpc) is 2.90. The second kappa shape index (κ2) is 5.84. The predicted molar refractivity (Wildman–Crippen MR) is 93.4 cm³/mol. The SMILES string of the molecule is Cc1[nH]c2ccccc2c1C(O)CN1CCc2ccccc2C1. The molecule has 1 aliphatic heterocycles. The lowest BCUT2D eigenvalue weighted by Gasteiger charge is -2.30. The molecule has 0 radical (unpaired) electrons. The summed E-state index contributed by atoms with van der Waals surface area (Å²) in [5.74, 6) is 0. The Morgan fingerprint density at radius 2 is 1.83 bits per heavy atom. The third kappa shape index (κ3) is 2.67. The fourth-order valence-corrected chi connectivity index (χ4v) is 3.77. The van der Waals surface area contributed by atoms with Crippen molar-refractivity contribution in [3.63, 3.8) is 0 Å². The molecule has 0 saturated heterocycles. The summed E-state index contributed by atoms with van der Waals surface area (Å²) < 4.78 is 0. The molecule has 0 bridgehead atoms. The number of benzene rings is 2. The highest BCUT2D eigenvalue weighted by molar-refractivity contribution is 5.84. The molecule has 3 heteroatoms. The van der Waals surface area contributed by atoms with Gasteiger partial charge in [-0.05, 0) is 30.5 Å². The zero-order valence-electron chi connectivity index (χ0n) is 13.4. The van der Waals surface area contributed by atoms with Crippen molar-refractivity contribution in [1.29, 1.82) is 0 Å². The molecule has 4 rings (SSSR count). The number of rotatable bonds is 3. The van der Waals surface area contributed by atoms with Crippen LogP contribution in [-0.2, 0) is 13.0 Å². The monoisotopic (exact) mass is 306 g/mol. The molecule has 3 aromatic rings. The van der Waals surface area contributed by atoms with Crippen molar-refractivity contribution in [2.75, 3.05) is 13.1 Å². The maximum absolute atomic E-state index is 10.8. The molecular weight excluding hydrogens is 284 g/mol. The lowest BCUT2D eigenvalue weighted by atomic mass is 9.98. The van der Waals surface area contributed by atoms with Crippen LogP contribution in [0.2, 0.25) is 0 Å². The molecule has 1 atom stereocenters. The van der Waals surface area contributed by atoms with E-state index in [1.165, 1.54) is 11.1 Å². The Morgan fingerprint density at radius 3 is 2.70 bits per heavy atom. The first-order chi connectivity index (χ1) is 11.2. The Bertz CT molecular complexity index is 837. The molecule has 0 fully saturated rings. The highest BCUT2D eigenvalue weighted by atomic mass is 16.3. The van der Waals surface area contributed by atoms with Gasteiger partial charge < -0.3 is 10.1 Å². The first-order valence-electron chi connectivity index (χ1n) is 8.27. The molecule has 3 nitrogen and oxygen atoms in total. The van der Waals surface area contributed by atoms with Gasteiger partial charge in [0.25, 0.3) is 0 Å². The number of hydrogen-bond donors (Lipinski definition) is 2. The molecule has 0 aliphatic carbocycles. The second-order valence-electron chi connectivity index (χ2n) is 6.48. The topological polar surface area (TPSA) is 39.3 Å². The van der Waals surface area contributed by atoms with Crippen molar-refractivity contribution in [1.82, 2.24) is 9.88 Å². The predicted octanol–water partition coefficient (Wildman–Crippen LogP) is 3.57. The third-order valence-electron chi connectivity index (χ3n) is 4.92. The first kappa shape index (κ1) is 14.5. The highest BCUT2D eigenvalue weighted by Crippen LogP contribution is 2.29. The fraction of sp³-hybridized carbons (Fsp3) is 0.300. The van der Waals surface area contributed by atoms with Gasteiger partial charge >= 0.3 is 0 Å². The van der Waals surface area contributed by atoms with Gasteiger partial charge in [-0.25, -0.2) is 0 Å². The zero-order valence-corrected chi connectivity index (χ0v) is 13.4. The third-order valence-corrected chi connectivity index (χ3v) is 4.92. The van der Waals surface area contributed by atoms with E-state index in [9.17, 15) is 5.11 Å². The number of aromatic nitrogens is 1. The van der Waals surface area contributed by atoms with Crippen molar-refractivity contribution >= 4 is 10.9 Å². The number of nitrogens with zero attached hydrogens (tertiary/aromatic N) is 1. The lowest BCUT2D eigenvalue weighted by molar-refractivity contribution is 0.106. The van der Waals surface area contributed by atoms with E-state index in [-0.39, 0.29) is 0 Å². The van der Waals surface area contributed by atoms with Crippen molar-refractivity contribution in [3.05, 3.63) is 70.9 Å². The van der Waals surface area contributed by atoms with Gasteiger partial charge in [0.05, 0.1) is 6.10 Å². The van der Waals surface area contributed by atoms with Crippen LogP contribution in [0.4, 0.5) is 0 Å². The quantitative estimate of drug-likeness (QED) is 0.776. The average molecular weight is 306 g/mol. The number of aromatic amines is 1. The number of hydrogen-bond acceptors (Lipinski definition) is 2. The molecule has 2 aromatic carbocycles. The number of H-pyrrole nitrogens is 1. The summed E-state index contributed by atoms with van der Waals surface area (Å²) in [5.41, 5.74) is 6.04. The number of aliphatic hydroxyl groups excluding tert-OH is 1. The van der Waals surface area contributed by atoms with E-state index in [0.29, 0.717) is 6.54 Å². The summed E-state index contributed by atoms with van der Waals surface area (Å²) in [6.07, 6.45) is 0.604. The van der Waals surface area contributed by atoms with Crippen LogP contribution in [0.15, 0.2) is 48.5 Å². The molecule has 2 N–H and O–H groups in total. The number of fused-ring (bicyclic) bond motifs is 2. The number of nitrogens with one attached hydrogen (secondary N) is 1. The summed E-state index contributed by atoms with van der Waals surface area (Å²) in [6.45, 7) is 4.66. The summed E-state index contributed by atoms with van der Waals surface area (Å²) in [4.78, 5) is 5.74. The van der Waals surface area contributed by atoms with Crippen molar-refractivity contribution < 1.29 is 5.11 Å². The zero-order chi connectivity index (χ0) is 15.8. The van der Waals surface area contributed by atoms with E-state index < -0.39 is 6.10 Å². The van der Waals surface area contributed by atoms with E-state index in [0.717, 1.165) is 41.7 Å². The largest absolute Gasteiger partial charge is 0.387 e. The molecule has 1 aromatic heterocycles. The number of aliphatic hydroxyl groups is 1. The minimum absolute atomic E-state index is 0.462. The standard InChI is InChI=1S/C20H22N2O/c1-14-20(17-8-4-5-9-18(17)21-14)19(23)13-22-11-10-15-6-2-3-7-16(15)12-22/h2-9,19,21,23H,10-13H2,1H3. The molecular formula is C20H22N2O. The molecule has 0 spiro atoms. The number of aryl methyl sites for hydroxylation is 1. The van der Waals surface area contributed by atoms with Gasteiger partial charge in [0.15, 0.2) is 0 Å². The van der Waals surface area contributed by atoms with Crippen LogP contribution in [0.25, 0.3) is 10.9 Å². The van der Waals surface area contributed by atoms with Gasteiger partial charge in [0.2, 0.25) is 0 Å². The smallest absolute Gasteiger partial charge is 0.0940 e. The molecule has 2 heterocycles. The van der Waals surface area contributed by atoms with Gasteiger partial charge in [0, 0.05) is 41.8 Å². The summed E-state index contributed by atoms with van der Waals surface area (Å²) >= 11 is 0. The minimum Gasteiger partial charge on any atom is -0.387 e. The number of para-hydroxylation sites is 1. The van der Waals surface area contributed by atoms with E-state index in [2.05, 4.69) is 46.3 Å². The molecule has 0 saturated carbocycles. The maximum atomic E-state index is 10.8. The fourth-order valence-electron chi connectivity index (χ4n) is 3.77. The molecule has 1 unspecified atom stereocenters. The molecule has 118 valence electrons.